The Balaban J connectivity index is 1.59. The average Bonchev–Trinajstić information content (AvgIpc) is 3.58. The number of aliphatic imine (C=N–C) groups is 4. The molecule has 1 aromatic carbocycles. The molecule has 0 amide bonds. The maximum Gasteiger partial charge on any atom is 0.338 e. The molecule has 8 bridgehead atoms. The Labute approximate surface area is 189 Å². The summed E-state index contributed by atoms with van der Waals surface area (Å²) in [7, 11) is 0. The molecule has 0 aromatic heterocycles. The minimum absolute atomic E-state index is 0.144. The van der Waals surface area contributed by atoms with E-state index in [1.165, 1.54) is 0 Å². The van der Waals surface area contributed by atoms with Crippen LogP contribution in [0.3, 0.4) is 0 Å². The first-order valence-corrected chi connectivity index (χ1v) is 10.4. The molecule has 5 heterocycles. The molecular weight excluding hydrogens is 412 g/mol. The number of hydrogen-bond donors (Lipinski definition) is 1. The van der Waals surface area contributed by atoms with Crippen LogP contribution >= 0.6 is 0 Å². The molecule has 0 spiro atoms. The van der Waals surface area contributed by atoms with E-state index in [1.807, 2.05) is 85.0 Å². The lowest BCUT2D eigenvalue weighted by Crippen LogP contribution is -2.06. The number of carboxylic acids is 1. The molecule has 0 fully saturated rings. The molecule has 33 heavy (non-hydrogen) atoms. The van der Waals surface area contributed by atoms with Crippen LogP contribution < -0.4 is 0 Å². The average molecular weight is 428 g/mol. The maximum atomic E-state index is 12.4. The van der Waals surface area contributed by atoms with Gasteiger partial charge in [-0.15, -0.1) is 0 Å². The molecule has 5 aliphatic rings. The molecule has 0 atom stereocenters. The molecule has 0 unspecified atom stereocenters. The Morgan fingerprint density at radius 1 is 0.636 bits per heavy atom. The van der Waals surface area contributed by atoms with E-state index >= 15 is 0 Å². The van der Waals surface area contributed by atoms with Gasteiger partial charge in [0.25, 0.3) is 0 Å². The van der Waals surface area contributed by atoms with E-state index in [0.29, 0.717) is 28.4 Å². The number of aliphatic carboxylic acids is 1. The predicted octanol–water partition coefficient (Wildman–Crippen LogP) is 4.56. The highest BCUT2D eigenvalue weighted by Crippen LogP contribution is 2.35. The topological polar surface area (TPSA) is 86.7 Å². The first-order valence-electron chi connectivity index (χ1n) is 10.4. The molecule has 6 rings (SSSR count). The van der Waals surface area contributed by atoms with E-state index in [2.05, 4.69) is 15.0 Å². The zero-order valence-corrected chi connectivity index (χ0v) is 17.3. The first kappa shape index (κ1) is 19.0. The molecule has 5 aliphatic heterocycles. The monoisotopic (exact) mass is 428 g/mol. The van der Waals surface area contributed by atoms with E-state index < -0.39 is 5.97 Å². The fourth-order valence-corrected chi connectivity index (χ4v) is 4.07. The summed E-state index contributed by atoms with van der Waals surface area (Å²) in [6.45, 7) is 0. The number of nitrogens with zero attached hydrogens (tertiary/aromatic N) is 4. The van der Waals surface area contributed by atoms with Gasteiger partial charge in [0, 0.05) is 5.57 Å². The van der Waals surface area contributed by atoms with Crippen LogP contribution in [0.2, 0.25) is 0 Å². The van der Waals surface area contributed by atoms with Crippen molar-refractivity contribution in [2.24, 2.45) is 20.0 Å². The molecule has 156 valence electrons. The molecule has 0 saturated heterocycles. The maximum absolute atomic E-state index is 12.4. The quantitative estimate of drug-likeness (QED) is 0.749. The van der Waals surface area contributed by atoms with Crippen molar-refractivity contribution in [3.8, 4) is 0 Å². The Bertz CT molecular complexity index is 1500. The highest BCUT2D eigenvalue weighted by molar-refractivity contribution is 6.37. The van der Waals surface area contributed by atoms with E-state index in [0.717, 1.165) is 28.4 Å². The number of rotatable bonds is 2. The summed E-state index contributed by atoms with van der Waals surface area (Å²) in [5.41, 5.74) is 6.83. The van der Waals surface area contributed by atoms with Crippen LogP contribution in [-0.4, -0.2) is 33.9 Å². The molecule has 0 aliphatic carbocycles. The lowest BCUT2D eigenvalue weighted by atomic mass is 9.95. The number of carboxylic acid groups (broad SMARTS) is 1. The zero-order valence-electron chi connectivity index (χ0n) is 17.3. The van der Waals surface area contributed by atoms with Crippen molar-refractivity contribution in [1.82, 2.24) is 0 Å². The SMILES string of the molecule is O=C(O)C1=C(c2ccccc2)C2=NC1=CC1=NC(=CC3=NC(=CC4=NC(=C2)C=C4)C=C3)C=C1. The molecule has 0 saturated carbocycles. The number of allylic oxidation sites excluding steroid dienone is 11. The number of benzene rings is 1. The van der Waals surface area contributed by atoms with Gasteiger partial charge in [0.15, 0.2) is 0 Å². The molecule has 1 aromatic rings. The predicted molar refractivity (Wildman–Crippen MR) is 130 cm³/mol. The van der Waals surface area contributed by atoms with Crippen LogP contribution in [0.1, 0.15) is 5.56 Å². The van der Waals surface area contributed by atoms with E-state index in [4.69, 9.17) is 4.99 Å². The van der Waals surface area contributed by atoms with Crippen molar-refractivity contribution >= 4 is 34.4 Å². The van der Waals surface area contributed by atoms with Crippen molar-refractivity contribution in [2.75, 3.05) is 0 Å². The molecular formula is C27H16N4O2. The Hall–Kier alpha value is -4.71. The third-order valence-corrected chi connectivity index (χ3v) is 5.49. The van der Waals surface area contributed by atoms with Crippen molar-refractivity contribution in [2.45, 2.75) is 0 Å². The number of hydrogen-bond acceptors (Lipinski definition) is 5. The van der Waals surface area contributed by atoms with E-state index in [1.54, 1.807) is 6.08 Å². The number of carbonyl (C=O) groups is 1. The fourth-order valence-electron chi connectivity index (χ4n) is 4.07. The minimum atomic E-state index is -1.04. The molecule has 6 nitrogen and oxygen atoms in total. The Morgan fingerprint density at radius 2 is 1.18 bits per heavy atom. The highest BCUT2D eigenvalue weighted by Gasteiger charge is 2.29. The van der Waals surface area contributed by atoms with Gasteiger partial charge in [-0.2, -0.15) is 0 Å². The summed E-state index contributed by atoms with van der Waals surface area (Å²) in [6.07, 6.45) is 18.7. The Morgan fingerprint density at radius 3 is 1.76 bits per heavy atom. The van der Waals surface area contributed by atoms with Gasteiger partial charge in [0.05, 0.1) is 51.2 Å². The standard InChI is InChI=1S/C27H16N4O2/c32-27(33)26-24-15-22-11-9-20(30-22)13-18-7-6-17(28-18)12-19-8-10-21(29-19)14-23(31-24)25(26)16-4-2-1-3-5-16/h1-15H,(H,32,33). The third kappa shape index (κ3) is 3.53. The van der Waals surface area contributed by atoms with Crippen molar-refractivity contribution in [3.63, 3.8) is 0 Å². The second kappa shape index (κ2) is 7.46. The van der Waals surface area contributed by atoms with Gasteiger partial charge in [-0.05, 0) is 66.3 Å². The van der Waals surface area contributed by atoms with Gasteiger partial charge in [-0.25, -0.2) is 24.8 Å². The molecule has 1 N–H and O–H groups in total. The summed E-state index contributed by atoms with van der Waals surface area (Å²) in [6, 6.07) is 9.43. The zero-order chi connectivity index (χ0) is 22.4. The number of fused-ring (bicyclic) bond motifs is 4. The van der Waals surface area contributed by atoms with Gasteiger partial charge >= 0.3 is 5.97 Å². The van der Waals surface area contributed by atoms with E-state index in [-0.39, 0.29) is 5.57 Å². The summed E-state index contributed by atoms with van der Waals surface area (Å²) >= 11 is 0. The van der Waals surface area contributed by atoms with Gasteiger partial charge < -0.3 is 5.11 Å². The summed E-state index contributed by atoms with van der Waals surface area (Å²) in [5.74, 6) is -1.04. The van der Waals surface area contributed by atoms with Crippen LogP contribution in [0.5, 0.6) is 0 Å². The summed E-state index contributed by atoms with van der Waals surface area (Å²) in [5, 5.41) is 10.1. The van der Waals surface area contributed by atoms with E-state index in [9.17, 15) is 9.90 Å². The van der Waals surface area contributed by atoms with Gasteiger partial charge in [-0.1, -0.05) is 30.3 Å². The largest absolute Gasteiger partial charge is 0.478 e. The van der Waals surface area contributed by atoms with Crippen LogP contribution in [0, 0.1) is 0 Å². The smallest absolute Gasteiger partial charge is 0.338 e. The van der Waals surface area contributed by atoms with Crippen molar-refractivity contribution in [1.29, 1.82) is 0 Å². The molecule has 0 radical (unpaired) electrons. The Kier molecular flexibility index (Phi) is 4.30. The third-order valence-electron chi connectivity index (χ3n) is 5.49. The lowest BCUT2D eigenvalue weighted by molar-refractivity contribution is -0.132. The van der Waals surface area contributed by atoms with Gasteiger partial charge in [0.1, 0.15) is 0 Å². The van der Waals surface area contributed by atoms with Gasteiger partial charge in [-0.3, -0.25) is 0 Å². The second-order valence-corrected chi connectivity index (χ2v) is 7.77. The fraction of sp³-hybridized carbons (Fsp3) is 0. The highest BCUT2D eigenvalue weighted by atomic mass is 16.4. The van der Waals surface area contributed by atoms with Crippen LogP contribution in [0.25, 0.3) is 5.57 Å². The van der Waals surface area contributed by atoms with Crippen LogP contribution in [0.4, 0.5) is 0 Å². The lowest BCUT2D eigenvalue weighted by Gasteiger charge is -2.06. The second-order valence-electron chi connectivity index (χ2n) is 7.77. The molecule has 6 heteroatoms. The van der Waals surface area contributed by atoms with Crippen molar-refractivity contribution < 1.29 is 9.90 Å². The van der Waals surface area contributed by atoms with Crippen LogP contribution in [-0.2, 0) is 4.79 Å². The first-order chi connectivity index (χ1) is 16.1. The minimum Gasteiger partial charge on any atom is -0.478 e. The van der Waals surface area contributed by atoms with Crippen LogP contribution in [0.15, 0.2) is 139 Å². The van der Waals surface area contributed by atoms with Crippen molar-refractivity contribution in [3.05, 3.63) is 125 Å². The summed E-state index contributed by atoms with van der Waals surface area (Å²) in [4.78, 5) is 31.0. The summed E-state index contributed by atoms with van der Waals surface area (Å²) < 4.78 is 0. The van der Waals surface area contributed by atoms with Gasteiger partial charge in [0.2, 0.25) is 0 Å². The normalized spacial score (nSPS) is 20.1.